The third-order valence-electron chi connectivity index (χ3n) is 4.37. The van der Waals surface area contributed by atoms with E-state index in [4.69, 9.17) is 4.74 Å². The van der Waals surface area contributed by atoms with Gasteiger partial charge in [-0.2, -0.15) is 17.7 Å². The molecule has 10 heteroatoms. The number of nitrogens with zero attached hydrogens (tertiary/aromatic N) is 5. The summed E-state index contributed by atoms with van der Waals surface area (Å²) in [5.41, 5.74) is 1.51. The Morgan fingerprint density at radius 1 is 1.16 bits per heavy atom. The lowest BCUT2D eigenvalue weighted by atomic mass is 10.1. The molecule has 1 N–H and O–H groups in total. The van der Waals surface area contributed by atoms with Crippen molar-refractivity contribution in [1.82, 2.24) is 24.7 Å². The number of hydrogen-bond donors (Lipinski definition) is 1. The number of halogens is 3. The van der Waals surface area contributed by atoms with Gasteiger partial charge in [-0.1, -0.05) is 0 Å². The highest BCUT2D eigenvalue weighted by atomic mass is 19.4. The average molecular weight is 358 g/mol. The van der Waals surface area contributed by atoms with E-state index in [2.05, 4.69) is 25.5 Å². The Bertz CT molecular complexity index is 754. The minimum atomic E-state index is -4.61. The topological polar surface area (TPSA) is 67.6 Å². The van der Waals surface area contributed by atoms with Gasteiger partial charge in [0, 0.05) is 31.2 Å². The van der Waals surface area contributed by atoms with Crippen LogP contribution in [0.1, 0.15) is 23.9 Å². The largest absolute Gasteiger partial charge is 0.453 e. The fourth-order valence-corrected chi connectivity index (χ4v) is 2.89. The van der Waals surface area contributed by atoms with Crippen LogP contribution < -0.4 is 5.32 Å². The fourth-order valence-electron chi connectivity index (χ4n) is 2.89. The van der Waals surface area contributed by atoms with Crippen LogP contribution in [-0.4, -0.2) is 63.6 Å². The molecule has 0 saturated carbocycles. The number of ether oxygens (including phenoxy) is 1. The minimum Gasteiger partial charge on any atom is -0.379 e. The van der Waals surface area contributed by atoms with Crippen molar-refractivity contribution in [3.05, 3.63) is 17.0 Å². The van der Waals surface area contributed by atoms with Gasteiger partial charge < -0.3 is 10.1 Å². The summed E-state index contributed by atoms with van der Waals surface area (Å²) in [6, 6.07) is 0.0203. The van der Waals surface area contributed by atoms with Crippen LogP contribution in [-0.2, 0) is 10.9 Å². The first kappa shape index (κ1) is 17.9. The molecule has 0 bridgehead atoms. The summed E-state index contributed by atoms with van der Waals surface area (Å²) in [6.45, 7) is 9.37. The lowest BCUT2D eigenvalue weighted by molar-refractivity contribution is -0.146. The molecule has 2 aromatic heterocycles. The van der Waals surface area contributed by atoms with E-state index in [1.54, 1.807) is 6.92 Å². The third kappa shape index (κ3) is 3.69. The van der Waals surface area contributed by atoms with Gasteiger partial charge in [0.1, 0.15) is 0 Å². The molecule has 1 aliphatic rings. The molecule has 1 unspecified atom stereocenters. The maximum Gasteiger partial charge on any atom is 0.453 e. The monoisotopic (exact) mass is 358 g/mol. The van der Waals surface area contributed by atoms with Crippen LogP contribution in [0.15, 0.2) is 0 Å². The number of aryl methyl sites for hydroxylation is 1. The number of aromatic nitrogens is 4. The third-order valence-corrected chi connectivity index (χ3v) is 4.37. The zero-order valence-corrected chi connectivity index (χ0v) is 14.4. The summed E-state index contributed by atoms with van der Waals surface area (Å²) in [5.74, 6) is -0.703. The van der Waals surface area contributed by atoms with E-state index in [1.807, 2.05) is 13.8 Å². The Labute approximate surface area is 143 Å². The van der Waals surface area contributed by atoms with Gasteiger partial charge in [-0.05, 0) is 26.3 Å². The lowest BCUT2D eigenvalue weighted by Gasteiger charge is -2.29. The lowest BCUT2D eigenvalue weighted by Crippen LogP contribution is -2.42. The van der Waals surface area contributed by atoms with Gasteiger partial charge in [0.25, 0.3) is 5.82 Å². The molecule has 1 fully saturated rings. The number of fused-ring (bicyclic) bond motifs is 1. The second kappa shape index (κ2) is 6.75. The predicted molar refractivity (Wildman–Crippen MR) is 85.6 cm³/mol. The average Bonchev–Trinajstić information content (AvgIpc) is 2.97. The van der Waals surface area contributed by atoms with Crippen molar-refractivity contribution in [2.75, 3.05) is 38.2 Å². The molecule has 1 aliphatic heterocycles. The van der Waals surface area contributed by atoms with Crippen LogP contribution in [0.25, 0.3) is 5.65 Å². The van der Waals surface area contributed by atoms with Crippen LogP contribution in [0.5, 0.6) is 0 Å². The summed E-state index contributed by atoms with van der Waals surface area (Å²) in [7, 11) is 0. The van der Waals surface area contributed by atoms with Gasteiger partial charge in [-0.25, -0.2) is 0 Å². The molecule has 0 aromatic carbocycles. The molecule has 3 rings (SSSR count). The zero-order chi connectivity index (χ0) is 18.2. The molecular weight excluding hydrogens is 337 g/mol. The van der Waals surface area contributed by atoms with E-state index in [9.17, 15) is 13.2 Å². The summed E-state index contributed by atoms with van der Waals surface area (Å²) < 4.78 is 45.3. The normalized spacial score (nSPS) is 17.8. The van der Waals surface area contributed by atoms with Crippen LogP contribution >= 0.6 is 0 Å². The number of nitrogens with one attached hydrogen (secondary N) is 1. The Morgan fingerprint density at radius 2 is 1.84 bits per heavy atom. The second-order valence-corrected chi connectivity index (χ2v) is 6.31. The number of alkyl halides is 3. The smallest absolute Gasteiger partial charge is 0.379 e. The Balaban J connectivity index is 1.86. The first-order valence-electron chi connectivity index (χ1n) is 8.14. The molecule has 0 aliphatic carbocycles. The fraction of sp³-hybridized carbons (Fsp3) is 0.667. The van der Waals surface area contributed by atoms with Gasteiger partial charge in [-0.3, -0.25) is 4.90 Å². The number of anilines is 1. The van der Waals surface area contributed by atoms with E-state index in [0.29, 0.717) is 24.6 Å². The van der Waals surface area contributed by atoms with E-state index in [0.717, 1.165) is 29.7 Å². The summed E-state index contributed by atoms with van der Waals surface area (Å²) >= 11 is 0. The van der Waals surface area contributed by atoms with E-state index >= 15 is 0 Å². The summed E-state index contributed by atoms with van der Waals surface area (Å²) in [6.07, 6.45) is -4.61. The van der Waals surface area contributed by atoms with Gasteiger partial charge in [0.2, 0.25) is 0 Å². The standard InChI is InChI=1S/C15H21F3N6O/c1-9(8-23-4-6-25-7-5-23)19-12-10(2)11(3)13-20-21-14(15(16,17)18)24(13)22-12/h9H,4-8H2,1-3H3,(H,19,22). The SMILES string of the molecule is Cc1c(NC(C)CN2CCOCC2)nn2c(C(F)(F)F)nnc2c1C. The summed E-state index contributed by atoms with van der Waals surface area (Å²) in [4.78, 5) is 2.25. The van der Waals surface area contributed by atoms with E-state index in [1.165, 1.54) is 0 Å². The van der Waals surface area contributed by atoms with Crippen LogP contribution in [0.2, 0.25) is 0 Å². The van der Waals surface area contributed by atoms with Gasteiger partial charge in [0.15, 0.2) is 11.5 Å². The van der Waals surface area contributed by atoms with Crippen molar-refractivity contribution in [2.24, 2.45) is 0 Å². The molecule has 2 aromatic rings. The van der Waals surface area contributed by atoms with Gasteiger partial charge >= 0.3 is 6.18 Å². The van der Waals surface area contributed by atoms with Crippen molar-refractivity contribution in [2.45, 2.75) is 33.0 Å². The van der Waals surface area contributed by atoms with Crippen LogP contribution in [0.4, 0.5) is 19.0 Å². The first-order chi connectivity index (χ1) is 11.8. The zero-order valence-electron chi connectivity index (χ0n) is 14.4. The number of hydrogen-bond acceptors (Lipinski definition) is 6. The molecule has 138 valence electrons. The highest BCUT2D eigenvalue weighted by Crippen LogP contribution is 2.29. The maximum absolute atomic E-state index is 13.1. The molecule has 0 amide bonds. The molecule has 7 nitrogen and oxygen atoms in total. The molecule has 1 atom stereocenters. The second-order valence-electron chi connectivity index (χ2n) is 6.31. The molecule has 1 saturated heterocycles. The number of morpholine rings is 1. The molecule has 0 radical (unpaired) electrons. The highest BCUT2D eigenvalue weighted by Gasteiger charge is 2.38. The number of rotatable bonds is 4. The van der Waals surface area contributed by atoms with Crippen molar-refractivity contribution in [1.29, 1.82) is 0 Å². The summed E-state index contributed by atoms with van der Waals surface area (Å²) in [5, 5.41) is 14.2. The maximum atomic E-state index is 13.1. The quantitative estimate of drug-likeness (QED) is 0.900. The minimum absolute atomic E-state index is 0.0203. The van der Waals surface area contributed by atoms with Crippen LogP contribution in [0.3, 0.4) is 0 Å². The Morgan fingerprint density at radius 3 is 2.48 bits per heavy atom. The Kier molecular flexibility index (Phi) is 4.83. The van der Waals surface area contributed by atoms with Gasteiger partial charge in [0.05, 0.1) is 13.2 Å². The molecule has 3 heterocycles. The van der Waals surface area contributed by atoms with Crippen molar-refractivity contribution >= 4 is 11.5 Å². The Hall–Kier alpha value is -1.94. The van der Waals surface area contributed by atoms with Crippen molar-refractivity contribution in [3.8, 4) is 0 Å². The van der Waals surface area contributed by atoms with Crippen molar-refractivity contribution < 1.29 is 17.9 Å². The van der Waals surface area contributed by atoms with Crippen LogP contribution in [0, 0.1) is 13.8 Å². The highest BCUT2D eigenvalue weighted by molar-refractivity contribution is 5.58. The van der Waals surface area contributed by atoms with Crippen molar-refractivity contribution in [3.63, 3.8) is 0 Å². The van der Waals surface area contributed by atoms with E-state index in [-0.39, 0.29) is 11.7 Å². The first-order valence-corrected chi connectivity index (χ1v) is 8.14. The van der Waals surface area contributed by atoms with E-state index < -0.39 is 12.0 Å². The molecule has 25 heavy (non-hydrogen) atoms. The molecular formula is C15H21F3N6O. The molecule has 0 spiro atoms. The van der Waals surface area contributed by atoms with Gasteiger partial charge in [-0.15, -0.1) is 15.3 Å². The predicted octanol–water partition coefficient (Wildman–Crippen LogP) is 1.89.